The summed E-state index contributed by atoms with van der Waals surface area (Å²) >= 11 is 13.6. The average molecular weight is 306 g/mol. The molecule has 1 amide bonds. The van der Waals surface area contributed by atoms with E-state index < -0.39 is 0 Å². The van der Waals surface area contributed by atoms with Gasteiger partial charge in [-0.25, -0.2) is 0 Å². The van der Waals surface area contributed by atoms with E-state index in [0.717, 1.165) is 5.56 Å². The van der Waals surface area contributed by atoms with Crippen molar-refractivity contribution in [3.8, 4) is 0 Å². The molecule has 2 N–H and O–H groups in total. The molecule has 0 radical (unpaired) electrons. The summed E-state index contributed by atoms with van der Waals surface area (Å²) in [5.74, 6) is 0.677. The van der Waals surface area contributed by atoms with Crippen molar-refractivity contribution in [2.24, 2.45) is 0 Å². The first kappa shape index (κ1) is 13.9. The van der Waals surface area contributed by atoms with Gasteiger partial charge in [0.15, 0.2) is 0 Å². The van der Waals surface area contributed by atoms with E-state index in [4.69, 9.17) is 23.2 Å². The summed E-state index contributed by atoms with van der Waals surface area (Å²) in [6, 6.07) is 0.180. The molecule has 4 nitrogen and oxygen atoms in total. The molecule has 18 heavy (non-hydrogen) atoms. The molecular weight excluding hydrogens is 293 g/mol. The number of amides is 1. The van der Waals surface area contributed by atoms with E-state index in [0.29, 0.717) is 22.2 Å². The van der Waals surface area contributed by atoms with Crippen molar-refractivity contribution in [3.63, 3.8) is 0 Å². The molecule has 2 atom stereocenters. The van der Waals surface area contributed by atoms with Crippen LogP contribution in [0.25, 0.3) is 0 Å². The molecular formula is C11H13Cl2N3OS. The van der Waals surface area contributed by atoms with E-state index in [1.807, 2.05) is 6.92 Å². The largest absolute Gasteiger partial charge is 0.332 e. The third-order valence-corrected chi connectivity index (χ3v) is 4.26. The monoisotopic (exact) mass is 305 g/mol. The number of rotatable bonds is 3. The fourth-order valence-corrected chi connectivity index (χ4v) is 3.52. The van der Waals surface area contributed by atoms with Gasteiger partial charge in [-0.05, 0) is 6.92 Å². The Bertz CT molecular complexity index is 438. The average Bonchev–Trinajstić information content (AvgIpc) is 2.27. The van der Waals surface area contributed by atoms with Gasteiger partial charge in [0.25, 0.3) is 0 Å². The minimum absolute atomic E-state index is 0.0608. The van der Waals surface area contributed by atoms with Gasteiger partial charge in [0, 0.05) is 36.2 Å². The third-order valence-electron chi connectivity index (χ3n) is 2.57. The Hall–Kier alpha value is -0.490. The summed E-state index contributed by atoms with van der Waals surface area (Å²) in [7, 11) is 0. The number of carbonyl (C=O) groups excluding carboxylic acids is 1. The molecule has 7 heteroatoms. The lowest BCUT2D eigenvalue weighted by atomic mass is 10.2. The maximum atomic E-state index is 11.4. The van der Waals surface area contributed by atoms with Gasteiger partial charge < -0.3 is 5.32 Å². The molecule has 1 aliphatic rings. The van der Waals surface area contributed by atoms with Gasteiger partial charge in [0.05, 0.1) is 10.0 Å². The Balaban J connectivity index is 1.97. The maximum Gasteiger partial charge on any atom is 0.223 e. The topological polar surface area (TPSA) is 54.0 Å². The minimum atomic E-state index is -0.110. The predicted octanol–water partition coefficient (Wildman–Crippen LogP) is 2.40. The van der Waals surface area contributed by atoms with Crippen molar-refractivity contribution in [1.29, 1.82) is 0 Å². The van der Waals surface area contributed by atoms with Crippen LogP contribution in [0.2, 0.25) is 10.0 Å². The number of halogens is 2. The van der Waals surface area contributed by atoms with Crippen LogP contribution in [0.5, 0.6) is 0 Å². The van der Waals surface area contributed by atoms with Crippen LogP contribution >= 0.6 is 35.0 Å². The smallest absolute Gasteiger partial charge is 0.223 e. The van der Waals surface area contributed by atoms with E-state index in [1.165, 1.54) is 0 Å². The van der Waals surface area contributed by atoms with Crippen LogP contribution in [0, 0.1) is 0 Å². The quantitative estimate of drug-likeness (QED) is 0.900. The molecule has 0 spiro atoms. The van der Waals surface area contributed by atoms with Gasteiger partial charge in [-0.2, -0.15) is 0 Å². The number of nitrogens with zero attached hydrogens (tertiary/aromatic N) is 1. The molecule has 1 fully saturated rings. The number of pyridine rings is 1. The highest BCUT2D eigenvalue weighted by molar-refractivity contribution is 7.99. The van der Waals surface area contributed by atoms with Crippen molar-refractivity contribution in [2.45, 2.75) is 30.6 Å². The molecule has 2 unspecified atom stereocenters. The van der Waals surface area contributed by atoms with Crippen LogP contribution in [0.15, 0.2) is 12.4 Å². The number of thioether (sulfide) groups is 1. The SMILES string of the molecule is CC1CC(=O)NC(SCc2c(Cl)cncc2Cl)N1. The van der Waals surface area contributed by atoms with E-state index in [-0.39, 0.29) is 17.4 Å². The second kappa shape index (κ2) is 6.10. The van der Waals surface area contributed by atoms with E-state index in [1.54, 1.807) is 24.2 Å². The fourth-order valence-electron chi connectivity index (χ4n) is 1.67. The molecule has 98 valence electrons. The number of carbonyl (C=O) groups is 1. The minimum Gasteiger partial charge on any atom is -0.332 e. The summed E-state index contributed by atoms with van der Waals surface area (Å²) < 4.78 is 0. The second-order valence-electron chi connectivity index (χ2n) is 4.11. The van der Waals surface area contributed by atoms with Crippen LogP contribution in [0.3, 0.4) is 0 Å². The molecule has 2 rings (SSSR count). The molecule has 1 aromatic heterocycles. The zero-order valence-electron chi connectivity index (χ0n) is 9.74. The first-order valence-corrected chi connectivity index (χ1v) is 7.31. The van der Waals surface area contributed by atoms with Gasteiger partial charge in [-0.3, -0.25) is 15.1 Å². The fraction of sp³-hybridized carbons (Fsp3) is 0.455. The highest BCUT2D eigenvalue weighted by Crippen LogP contribution is 2.28. The van der Waals surface area contributed by atoms with Crippen molar-refractivity contribution >= 4 is 40.9 Å². The normalized spacial score (nSPS) is 23.8. The summed E-state index contributed by atoms with van der Waals surface area (Å²) in [5.41, 5.74) is 0.731. The van der Waals surface area contributed by atoms with Gasteiger partial charge in [-0.1, -0.05) is 23.2 Å². The van der Waals surface area contributed by atoms with Crippen molar-refractivity contribution in [1.82, 2.24) is 15.6 Å². The van der Waals surface area contributed by atoms with Crippen LogP contribution < -0.4 is 10.6 Å². The second-order valence-corrected chi connectivity index (χ2v) is 6.02. The lowest BCUT2D eigenvalue weighted by Crippen LogP contribution is -2.53. The van der Waals surface area contributed by atoms with E-state index in [2.05, 4.69) is 15.6 Å². The highest BCUT2D eigenvalue weighted by Gasteiger charge is 2.23. The van der Waals surface area contributed by atoms with Gasteiger partial charge >= 0.3 is 0 Å². The molecule has 1 aromatic rings. The van der Waals surface area contributed by atoms with E-state index in [9.17, 15) is 4.79 Å². The number of hydrogen-bond acceptors (Lipinski definition) is 4. The Labute approximate surface area is 120 Å². The summed E-state index contributed by atoms with van der Waals surface area (Å²) in [5, 5.41) is 7.25. The van der Waals surface area contributed by atoms with E-state index >= 15 is 0 Å². The Morgan fingerprint density at radius 2 is 2.11 bits per heavy atom. The predicted molar refractivity (Wildman–Crippen MR) is 74.7 cm³/mol. The number of aromatic nitrogens is 1. The Kier molecular flexibility index (Phi) is 4.72. The number of nitrogens with one attached hydrogen (secondary N) is 2. The Morgan fingerprint density at radius 3 is 2.72 bits per heavy atom. The standard InChI is InChI=1S/C11H13Cl2N3OS/c1-6-2-10(17)16-11(15-6)18-5-7-8(12)3-14-4-9(7)13/h3-4,6,11,15H,2,5H2,1H3,(H,16,17). The van der Waals surface area contributed by atoms with Crippen molar-refractivity contribution in [2.75, 3.05) is 0 Å². The highest BCUT2D eigenvalue weighted by atomic mass is 35.5. The van der Waals surface area contributed by atoms with Crippen LogP contribution in [0.4, 0.5) is 0 Å². The van der Waals surface area contributed by atoms with Crippen molar-refractivity contribution < 1.29 is 4.79 Å². The van der Waals surface area contributed by atoms with Gasteiger partial charge in [0.1, 0.15) is 5.50 Å². The molecule has 0 saturated carbocycles. The molecule has 1 aliphatic heterocycles. The lowest BCUT2D eigenvalue weighted by molar-refractivity contribution is -0.123. The molecule has 2 heterocycles. The number of hydrogen-bond donors (Lipinski definition) is 2. The van der Waals surface area contributed by atoms with Gasteiger partial charge in [-0.15, -0.1) is 11.8 Å². The van der Waals surface area contributed by atoms with Crippen LogP contribution in [0.1, 0.15) is 18.9 Å². The maximum absolute atomic E-state index is 11.4. The molecule has 0 aliphatic carbocycles. The molecule has 1 saturated heterocycles. The summed E-state index contributed by atoms with van der Waals surface area (Å²) in [6.45, 7) is 1.98. The van der Waals surface area contributed by atoms with Gasteiger partial charge in [0.2, 0.25) is 5.91 Å². The Morgan fingerprint density at radius 1 is 1.44 bits per heavy atom. The van der Waals surface area contributed by atoms with Crippen LogP contribution in [-0.2, 0) is 10.5 Å². The summed E-state index contributed by atoms with van der Waals surface area (Å²) in [6.07, 6.45) is 3.64. The molecule has 0 bridgehead atoms. The zero-order chi connectivity index (χ0) is 13.1. The van der Waals surface area contributed by atoms with Crippen LogP contribution in [-0.4, -0.2) is 22.4 Å². The lowest BCUT2D eigenvalue weighted by Gasteiger charge is -2.29. The first-order valence-electron chi connectivity index (χ1n) is 5.51. The third kappa shape index (κ3) is 3.51. The zero-order valence-corrected chi connectivity index (χ0v) is 12.1. The first-order chi connectivity index (χ1) is 8.56. The molecule has 0 aromatic carbocycles. The summed E-state index contributed by atoms with van der Waals surface area (Å²) in [4.78, 5) is 15.3. The van der Waals surface area contributed by atoms with Crippen molar-refractivity contribution in [3.05, 3.63) is 28.0 Å².